The van der Waals surface area contributed by atoms with Crippen LogP contribution in [0, 0.1) is 10.1 Å². The number of aliphatic carboxylic acids is 1. The lowest BCUT2D eigenvalue weighted by Crippen LogP contribution is -2.16. The van der Waals surface area contributed by atoms with E-state index in [-0.39, 0.29) is 22.5 Å². The Hall–Kier alpha value is -2.70. The maximum absolute atomic E-state index is 11.9. The van der Waals surface area contributed by atoms with Gasteiger partial charge in [0.1, 0.15) is 0 Å². The minimum Gasteiger partial charge on any atom is -0.478 e. The Morgan fingerprint density at radius 2 is 1.90 bits per heavy atom. The maximum Gasteiger partial charge on any atom is 0.331 e. The molecule has 7 nitrogen and oxygen atoms in total. The molecule has 0 saturated carbocycles. The molecule has 0 radical (unpaired) electrons. The van der Waals surface area contributed by atoms with Crippen molar-refractivity contribution in [3.8, 4) is 0 Å². The molecule has 0 spiro atoms. The monoisotopic (exact) mass is 292 g/mol. The third-order valence-electron chi connectivity index (χ3n) is 3.14. The number of nitro groups is 1. The Bertz CT molecular complexity index is 634. The van der Waals surface area contributed by atoms with E-state index >= 15 is 0 Å². The van der Waals surface area contributed by atoms with Crippen molar-refractivity contribution in [2.24, 2.45) is 0 Å². The van der Waals surface area contributed by atoms with Gasteiger partial charge in [0, 0.05) is 28.5 Å². The fraction of sp³-hybridized carbons (Fsp3) is 0.286. The highest BCUT2D eigenvalue weighted by Crippen LogP contribution is 2.24. The third-order valence-corrected chi connectivity index (χ3v) is 3.14. The molecule has 2 N–H and O–H groups in total. The first-order valence-electron chi connectivity index (χ1n) is 6.27. The number of nitrogens with zero attached hydrogens (tertiary/aromatic N) is 1. The van der Waals surface area contributed by atoms with E-state index in [1.165, 1.54) is 19.9 Å². The van der Waals surface area contributed by atoms with Crippen molar-refractivity contribution in [3.05, 3.63) is 45.0 Å². The quantitative estimate of drug-likeness (QED) is 0.492. The Labute approximate surface area is 121 Å². The van der Waals surface area contributed by atoms with Crippen molar-refractivity contribution in [3.63, 3.8) is 0 Å². The van der Waals surface area contributed by atoms with E-state index in [4.69, 9.17) is 5.11 Å². The minimum absolute atomic E-state index is 0.0460. The highest BCUT2D eigenvalue weighted by molar-refractivity contribution is 6.08. The Kier molecular flexibility index (Phi) is 5.18. The number of carboxylic acid groups (broad SMARTS) is 1. The smallest absolute Gasteiger partial charge is 0.331 e. The summed E-state index contributed by atoms with van der Waals surface area (Å²) in [7, 11) is 0. The van der Waals surface area contributed by atoms with E-state index in [2.05, 4.69) is 5.32 Å². The molecule has 0 unspecified atom stereocenters. The standard InChI is InChI=1S/C14H16N2O5/c1-4-10-5-6-11(7-12(10)16(20)21)15-13(17)8(2)9(3)14(18)19/h5-7H,4H2,1-3H3,(H,15,17)(H,18,19)/b9-8-. The van der Waals surface area contributed by atoms with Gasteiger partial charge < -0.3 is 10.4 Å². The fourth-order valence-electron chi connectivity index (χ4n) is 1.67. The molecule has 1 amide bonds. The van der Waals surface area contributed by atoms with Crippen LogP contribution in [0.4, 0.5) is 11.4 Å². The van der Waals surface area contributed by atoms with E-state index < -0.39 is 16.8 Å². The van der Waals surface area contributed by atoms with E-state index in [0.29, 0.717) is 12.0 Å². The molecule has 1 rings (SSSR count). The molecule has 0 fully saturated rings. The SMILES string of the molecule is CCc1ccc(NC(=O)/C(C)=C(/C)C(=O)O)cc1[N+](=O)[O-]. The summed E-state index contributed by atoms with van der Waals surface area (Å²) in [5.74, 6) is -1.79. The van der Waals surface area contributed by atoms with Crippen LogP contribution in [0.2, 0.25) is 0 Å². The van der Waals surface area contributed by atoms with Crippen LogP contribution in [-0.4, -0.2) is 21.9 Å². The number of aryl methyl sites for hydroxylation is 1. The molecule has 0 saturated heterocycles. The Morgan fingerprint density at radius 3 is 2.38 bits per heavy atom. The number of carbonyl (C=O) groups is 2. The summed E-state index contributed by atoms with van der Waals surface area (Å²) in [6, 6.07) is 4.38. The number of amides is 1. The van der Waals surface area contributed by atoms with Gasteiger partial charge in [0.05, 0.1) is 4.92 Å². The third kappa shape index (κ3) is 3.88. The highest BCUT2D eigenvalue weighted by atomic mass is 16.6. The van der Waals surface area contributed by atoms with Gasteiger partial charge >= 0.3 is 5.97 Å². The lowest BCUT2D eigenvalue weighted by Gasteiger charge is -2.08. The predicted molar refractivity (Wildman–Crippen MR) is 77.1 cm³/mol. The largest absolute Gasteiger partial charge is 0.478 e. The highest BCUT2D eigenvalue weighted by Gasteiger charge is 2.16. The molecule has 0 aliphatic heterocycles. The first-order valence-corrected chi connectivity index (χ1v) is 6.27. The van der Waals surface area contributed by atoms with E-state index in [1.807, 2.05) is 0 Å². The van der Waals surface area contributed by atoms with E-state index in [9.17, 15) is 19.7 Å². The molecule has 0 aliphatic rings. The minimum atomic E-state index is -1.19. The van der Waals surface area contributed by atoms with Crippen LogP contribution in [-0.2, 0) is 16.0 Å². The summed E-state index contributed by atoms with van der Waals surface area (Å²) in [5, 5.41) is 22.2. The number of nitro benzene ring substituents is 1. The molecule has 7 heteroatoms. The van der Waals surface area contributed by atoms with E-state index in [0.717, 1.165) is 0 Å². The van der Waals surface area contributed by atoms with E-state index in [1.54, 1.807) is 19.1 Å². The number of nitrogens with one attached hydrogen (secondary N) is 1. The molecule has 1 aromatic carbocycles. The number of hydrogen-bond donors (Lipinski definition) is 2. The molecule has 0 aromatic heterocycles. The predicted octanol–water partition coefficient (Wildman–Crippen LogP) is 2.52. The first-order chi connectivity index (χ1) is 9.77. The van der Waals surface area contributed by atoms with Gasteiger partial charge in [-0.1, -0.05) is 13.0 Å². The second-order valence-corrected chi connectivity index (χ2v) is 4.46. The van der Waals surface area contributed by atoms with Crippen LogP contribution in [0.25, 0.3) is 0 Å². The van der Waals surface area contributed by atoms with Crippen LogP contribution < -0.4 is 5.32 Å². The maximum atomic E-state index is 11.9. The molecule has 0 heterocycles. The van der Waals surface area contributed by atoms with Crippen molar-refractivity contribution in [1.82, 2.24) is 0 Å². The summed E-state index contributed by atoms with van der Waals surface area (Å²) in [6.45, 7) is 4.50. The van der Waals surface area contributed by atoms with Crippen molar-refractivity contribution < 1.29 is 19.6 Å². The van der Waals surface area contributed by atoms with Crippen molar-refractivity contribution in [2.75, 3.05) is 5.32 Å². The van der Waals surface area contributed by atoms with Crippen molar-refractivity contribution in [2.45, 2.75) is 27.2 Å². The number of carbonyl (C=O) groups excluding carboxylic acids is 1. The Morgan fingerprint density at radius 1 is 1.29 bits per heavy atom. The Balaban J connectivity index is 3.07. The molecular weight excluding hydrogens is 276 g/mol. The van der Waals surface area contributed by atoms with Gasteiger partial charge in [-0.3, -0.25) is 14.9 Å². The lowest BCUT2D eigenvalue weighted by atomic mass is 10.1. The summed E-state index contributed by atoms with van der Waals surface area (Å²) >= 11 is 0. The summed E-state index contributed by atoms with van der Waals surface area (Å²) in [6.07, 6.45) is 0.502. The number of carboxylic acids is 1. The molecular formula is C14H16N2O5. The zero-order valence-electron chi connectivity index (χ0n) is 12.0. The molecule has 0 atom stereocenters. The average Bonchev–Trinajstić information content (AvgIpc) is 2.45. The molecule has 112 valence electrons. The summed E-state index contributed by atoms with van der Waals surface area (Å²) in [4.78, 5) is 33.1. The van der Waals surface area contributed by atoms with Crippen molar-refractivity contribution >= 4 is 23.3 Å². The van der Waals surface area contributed by atoms with Crippen molar-refractivity contribution in [1.29, 1.82) is 0 Å². The van der Waals surface area contributed by atoms with Crippen LogP contribution in [0.3, 0.4) is 0 Å². The van der Waals surface area contributed by atoms with Crippen LogP contribution in [0.5, 0.6) is 0 Å². The lowest BCUT2D eigenvalue weighted by molar-refractivity contribution is -0.385. The number of rotatable bonds is 5. The van der Waals surface area contributed by atoms with Gasteiger partial charge in [0.15, 0.2) is 0 Å². The van der Waals surface area contributed by atoms with Crippen LogP contribution in [0.1, 0.15) is 26.3 Å². The zero-order chi connectivity index (χ0) is 16.2. The first kappa shape index (κ1) is 16.4. The molecule has 21 heavy (non-hydrogen) atoms. The number of anilines is 1. The molecule has 0 aliphatic carbocycles. The molecule has 0 bridgehead atoms. The van der Waals surface area contributed by atoms with Gasteiger partial charge in [-0.15, -0.1) is 0 Å². The fourth-order valence-corrected chi connectivity index (χ4v) is 1.67. The zero-order valence-corrected chi connectivity index (χ0v) is 12.0. The normalized spacial score (nSPS) is 11.6. The average molecular weight is 292 g/mol. The van der Waals surface area contributed by atoms with Gasteiger partial charge in [0.25, 0.3) is 11.6 Å². The van der Waals surface area contributed by atoms with Crippen LogP contribution >= 0.6 is 0 Å². The van der Waals surface area contributed by atoms with Gasteiger partial charge in [-0.25, -0.2) is 4.79 Å². The topological polar surface area (TPSA) is 110 Å². The number of hydrogen-bond acceptors (Lipinski definition) is 4. The van der Waals surface area contributed by atoms with Crippen LogP contribution in [0.15, 0.2) is 29.3 Å². The summed E-state index contributed by atoms with van der Waals surface area (Å²) in [5.41, 5.74) is 0.706. The molecule has 1 aromatic rings. The number of benzene rings is 1. The second-order valence-electron chi connectivity index (χ2n) is 4.46. The van der Waals surface area contributed by atoms with Gasteiger partial charge in [-0.2, -0.15) is 0 Å². The second kappa shape index (κ2) is 6.65. The summed E-state index contributed by atoms with van der Waals surface area (Å²) < 4.78 is 0. The van der Waals surface area contributed by atoms with Gasteiger partial charge in [0.2, 0.25) is 0 Å². The van der Waals surface area contributed by atoms with Gasteiger partial charge in [-0.05, 0) is 26.3 Å².